The Bertz CT molecular complexity index is 1550. The first-order valence-corrected chi connectivity index (χ1v) is 12.3. The van der Waals surface area contributed by atoms with Crippen LogP contribution in [0.4, 0.5) is 0 Å². The van der Waals surface area contributed by atoms with Crippen molar-refractivity contribution in [3.05, 3.63) is 101 Å². The summed E-state index contributed by atoms with van der Waals surface area (Å²) in [6.45, 7) is 3.14. The summed E-state index contributed by atoms with van der Waals surface area (Å²) in [5.41, 5.74) is 2.55. The normalized spacial score (nSPS) is 12.2. The summed E-state index contributed by atoms with van der Waals surface area (Å²) in [5, 5.41) is 14.7. The van der Waals surface area contributed by atoms with Crippen LogP contribution in [-0.4, -0.2) is 19.3 Å². The highest BCUT2D eigenvalue weighted by Crippen LogP contribution is 2.33. The van der Waals surface area contributed by atoms with Gasteiger partial charge in [0, 0.05) is 6.54 Å². The molecule has 1 aliphatic heterocycles. The third kappa shape index (κ3) is 5.55. The van der Waals surface area contributed by atoms with E-state index in [4.69, 9.17) is 18.9 Å². The lowest BCUT2D eigenvalue weighted by Crippen LogP contribution is -2.23. The van der Waals surface area contributed by atoms with Crippen LogP contribution in [0.2, 0.25) is 0 Å². The number of nitrogens with zero attached hydrogens (tertiary/aromatic N) is 1. The average Bonchev–Trinajstić information content (AvgIpc) is 3.42. The lowest BCUT2D eigenvalue weighted by atomic mass is 10.1. The molecule has 1 heterocycles. The number of rotatable bonds is 9. The Morgan fingerprint density at radius 2 is 1.82 bits per heavy atom. The zero-order chi connectivity index (χ0) is 26.3. The molecule has 1 N–H and O–H groups in total. The highest BCUT2D eigenvalue weighted by atomic mass is 16.7. The highest BCUT2D eigenvalue weighted by molar-refractivity contribution is 6.01. The van der Waals surface area contributed by atoms with Crippen molar-refractivity contribution in [1.29, 1.82) is 5.26 Å². The van der Waals surface area contributed by atoms with Gasteiger partial charge in [0.05, 0.1) is 6.61 Å². The first-order valence-electron chi connectivity index (χ1n) is 12.3. The van der Waals surface area contributed by atoms with E-state index in [-0.39, 0.29) is 18.9 Å². The number of carbonyl (C=O) groups is 1. The first-order chi connectivity index (χ1) is 18.6. The van der Waals surface area contributed by atoms with Gasteiger partial charge in [0.2, 0.25) is 6.79 Å². The molecule has 4 aromatic carbocycles. The fourth-order valence-corrected chi connectivity index (χ4v) is 4.22. The largest absolute Gasteiger partial charge is 0.490 e. The quantitative estimate of drug-likeness (QED) is 0.229. The van der Waals surface area contributed by atoms with Crippen LogP contribution >= 0.6 is 0 Å². The number of benzene rings is 4. The monoisotopic (exact) mass is 506 g/mol. The number of nitrogens with one attached hydrogen (secondary N) is 1. The second-order valence-corrected chi connectivity index (χ2v) is 8.61. The number of ether oxygens (including phenoxy) is 4. The Morgan fingerprint density at radius 3 is 2.68 bits per heavy atom. The second-order valence-electron chi connectivity index (χ2n) is 8.61. The fraction of sp³-hybridized carbons (Fsp3) is 0.161. The third-order valence-electron chi connectivity index (χ3n) is 6.10. The van der Waals surface area contributed by atoms with E-state index in [9.17, 15) is 10.1 Å². The van der Waals surface area contributed by atoms with Gasteiger partial charge < -0.3 is 24.3 Å². The molecule has 0 atom stereocenters. The molecule has 0 bridgehead atoms. The van der Waals surface area contributed by atoms with Gasteiger partial charge in [-0.2, -0.15) is 5.26 Å². The standard InChI is InChI=1S/C31H26N2O5/c1-2-35-29-15-21(10-12-27(29)36-19-24-8-5-7-23-6-3-4-9-26(23)24)14-25(17-32)31(34)33-18-22-11-13-28-30(16-22)38-20-37-28/h3-16H,2,18-20H2,1H3,(H,33,34)/b25-14+. The van der Waals surface area contributed by atoms with Crippen LogP contribution in [-0.2, 0) is 17.9 Å². The molecule has 0 aliphatic carbocycles. The van der Waals surface area contributed by atoms with Crippen LogP contribution in [0.15, 0.2) is 84.4 Å². The molecule has 190 valence electrons. The van der Waals surface area contributed by atoms with Crippen LogP contribution in [0.25, 0.3) is 16.8 Å². The summed E-state index contributed by atoms with van der Waals surface area (Å²) in [7, 11) is 0. The van der Waals surface area contributed by atoms with Gasteiger partial charge in [-0.1, -0.05) is 54.6 Å². The zero-order valence-corrected chi connectivity index (χ0v) is 20.9. The molecule has 5 rings (SSSR count). The average molecular weight is 507 g/mol. The van der Waals surface area contributed by atoms with E-state index in [1.807, 2.05) is 49.4 Å². The van der Waals surface area contributed by atoms with Gasteiger partial charge in [0.1, 0.15) is 18.2 Å². The molecule has 38 heavy (non-hydrogen) atoms. The summed E-state index contributed by atoms with van der Waals surface area (Å²) in [6.07, 6.45) is 1.53. The molecule has 7 heteroatoms. The Morgan fingerprint density at radius 1 is 0.974 bits per heavy atom. The lowest BCUT2D eigenvalue weighted by Gasteiger charge is -2.14. The van der Waals surface area contributed by atoms with E-state index in [1.54, 1.807) is 24.3 Å². The number of nitriles is 1. The van der Waals surface area contributed by atoms with Crippen LogP contribution < -0.4 is 24.3 Å². The molecular formula is C31H26N2O5. The van der Waals surface area contributed by atoms with E-state index >= 15 is 0 Å². The van der Waals surface area contributed by atoms with Crippen LogP contribution in [0, 0.1) is 11.3 Å². The number of carbonyl (C=O) groups excluding carboxylic acids is 1. The van der Waals surface area contributed by atoms with Crippen molar-refractivity contribution < 1.29 is 23.7 Å². The maximum absolute atomic E-state index is 12.7. The second kappa shape index (κ2) is 11.4. The fourth-order valence-electron chi connectivity index (χ4n) is 4.22. The van der Waals surface area contributed by atoms with Crippen molar-refractivity contribution >= 4 is 22.8 Å². The molecule has 0 radical (unpaired) electrons. The number of amides is 1. The highest BCUT2D eigenvalue weighted by Gasteiger charge is 2.15. The minimum atomic E-state index is -0.473. The number of hydrogen-bond acceptors (Lipinski definition) is 6. The van der Waals surface area contributed by atoms with Gasteiger partial charge in [-0.15, -0.1) is 0 Å². The molecule has 0 spiro atoms. The first kappa shape index (κ1) is 24.7. The van der Waals surface area contributed by atoms with E-state index in [0.717, 1.165) is 21.9 Å². The van der Waals surface area contributed by atoms with Gasteiger partial charge in [-0.25, -0.2) is 0 Å². The van der Waals surface area contributed by atoms with Crippen LogP contribution in [0.5, 0.6) is 23.0 Å². The minimum Gasteiger partial charge on any atom is -0.490 e. The molecule has 0 aromatic heterocycles. The summed E-state index contributed by atoms with van der Waals surface area (Å²) in [5.74, 6) is 1.97. The maximum atomic E-state index is 12.7. The number of fused-ring (bicyclic) bond motifs is 2. The Hall–Kier alpha value is -4.96. The van der Waals surface area contributed by atoms with E-state index in [1.165, 1.54) is 6.08 Å². The molecule has 0 saturated carbocycles. The molecule has 1 aliphatic rings. The van der Waals surface area contributed by atoms with Crippen LogP contribution in [0.1, 0.15) is 23.6 Å². The van der Waals surface area contributed by atoms with Gasteiger partial charge in [0.25, 0.3) is 5.91 Å². The SMILES string of the molecule is CCOc1cc(/C=C(\C#N)C(=O)NCc2ccc3c(c2)OCO3)ccc1OCc1cccc2ccccc12. The summed E-state index contributed by atoms with van der Waals surface area (Å²) >= 11 is 0. The van der Waals surface area contributed by atoms with Crippen molar-refractivity contribution in [2.45, 2.75) is 20.1 Å². The van der Waals surface area contributed by atoms with Crippen molar-refractivity contribution in [2.75, 3.05) is 13.4 Å². The molecule has 0 fully saturated rings. The Labute approximate surface area is 220 Å². The summed E-state index contributed by atoms with van der Waals surface area (Å²) in [6, 6.07) is 27.1. The van der Waals surface area contributed by atoms with E-state index in [2.05, 4.69) is 23.5 Å². The van der Waals surface area contributed by atoms with Gasteiger partial charge in [-0.05, 0) is 64.7 Å². The van der Waals surface area contributed by atoms with Crippen molar-refractivity contribution in [3.63, 3.8) is 0 Å². The number of hydrogen-bond donors (Lipinski definition) is 1. The zero-order valence-electron chi connectivity index (χ0n) is 20.9. The lowest BCUT2D eigenvalue weighted by molar-refractivity contribution is -0.117. The van der Waals surface area contributed by atoms with Gasteiger partial charge >= 0.3 is 0 Å². The Balaban J connectivity index is 1.29. The predicted octanol–water partition coefficient (Wildman–Crippen LogP) is 5.77. The third-order valence-corrected chi connectivity index (χ3v) is 6.10. The summed E-state index contributed by atoms with van der Waals surface area (Å²) in [4.78, 5) is 12.7. The predicted molar refractivity (Wildman–Crippen MR) is 144 cm³/mol. The Kier molecular flexibility index (Phi) is 7.42. The molecular weight excluding hydrogens is 480 g/mol. The summed E-state index contributed by atoms with van der Waals surface area (Å²) < 4.78 is 22.6. The van der Waals surface area contributed by atoms with E-state index < -0.39 is 5.91 Å². The topological polar surface area (TPSA) is 89.8 Å². The van der Waals surface area contributed by atoms with Crippen LogP contribution in [0.3, 0.4) is 0 Å². The van der Waals surface area contributed by atoms with Gasteiger partial charge in [0.15, 0.2) is 23.0 Å². The van der Waals surface area contributed by atoms with E-state index in [0.29, 0.717) is 41.8 Å². The molecule has 1 amide bonds. The van der Waals surface area contributed by atoms with Crippen molar-refractivity contribution in [2.24, 2.45) is 0 Å². The molecule has 4 aromatic rings. The smallest absolute Gasteiger partial charge is 0.262 e. The van der Waals surface area contributed by atoms with Gasteiger partial charge in [-0.3, -0.25) is 4.79 Å². The molecule has 0 unspecified atom stereocenters. The van der Waals surface area contributed by atoms with Crippen molar-refractivity contribution in [1.82, 2.24) is 5.32 Å². The minimum absolute atomic E-state index is 0.0161. The molecule has 7 nitrogen and oxygen atoms in total. The van der Waals surface area contributed by atoms with Crippen molar-refractivity contribution in [3.8, 4) is 29.1 Å². The maximum Gasteiger partial charge on any atom is 0.262 e. The molecule has 0 saturated heterocycles.